The summed E-state index contributed by atoms with van der Waals surface area (Å²) < 4.78 is 35.1. The zero-order valence-corrected chi connectivity index (χ0v) is 20.6. The second-order valence-electron chi connectivity index (χ2n) is 8.99. The van der Waals surface area contributed by atoms with Crippen molar-refractivity contribution in [3.63, 3.8) is 0 Å². The summed E-state index contributed by atoms with van der Waals surface area (Å²) in [6.07, 6.45) is -0.301. The van der Waals surface area contributed by atoms with Crippen LogP contribution in [0.2, 0.25) is 0 Å². The monoisotopic (exact) mass is 475 g/mol. The molecule has 2 aromatic rings. The van der Waals surface area contributed by atoms with Crippen molar-refractivity contribution >= 4 is 21.6 Å². The number of rotatable bonds is 7. The van der Waals surface area contributed by atoms with Gasteiger partial charge in [0.25, 0.3) is 15.9 Å². The minimum absolute atomic E-state index is 0.0553. The number of sulfonamides is 1. The second-order valence-corrected chi connectivity index (χ2v) is 10.7. The van der Waals surface area contributed by atoms with Crippen molar-refractivity contribution in [3.05, 3.63) is 53.6 Å². The number of nitrogens with zero attached hydrogens (tertiary/aromatic N) is 2. The number of amides is 1. The van der Waals surface area contributed by atoms with Crippen molar-refractivity contribution in [2.45, 2.75) is 37.8 Å². The van der Waals surface area contributed by atoms with E-state index in [1.165, 1.54) is 12.1 Å². The Morgan fingerprint density at radius 3 is 2.48 bits per heavy atom. The van der Waals surface area contributed by atoms with Crippen LogP contribution < -0.4 is 9.46 Å². The van der Waals surface area contributed by atoms with Gasteiger partial charge in [0.15, 0.2) is 5.75 Å². The lowest BCUT2D eigenvalue weighted by Crippen LogP contribution is -2.49. The summed E-state index contributed by atoms with van der Waals surface area (Å²) in [4.78, 5) is 17.2. The molecule has 180 valence electrons. The van der Waals surface area contributed by atoms with Gasteiger partial charge in [-0.15, -0.1) is 0 Å². The minimum Gasteiger partial charge on any atom is -0.486 e. The summed E-state index contributed by atoms with van der Waals surface area (Å²) >= 11 is 0. The van der Waals surface area contributed by atoms with E-state index in [9.17, 15) is 18.3 Å². The predicted molar refractivity (Wildman–Crippen MR) is 128 cm³/mol. The van der Waals surface area contributed by atoms with E-state index in [2.05, 4.69) is 4.72 Å². The van der Waals surface area contributed by atoms with Gasteiger partial charge < -0.3 is 19.6 Å². The fraction of sp³-hybridized carbons (Fsp3) is 0.458. The lowest BCUT2D eigenvalue weighted by atomic mass is 9.99. The molecule has 9 heteroatoms. The van der Waals surface area contributed by atoms with Crippen LogP contribution in [0.25, 0.3) is 0 Å². The van der Waals surface area contributed by atoms with Gasteiger partial charge in [-0.2, -0.15) is 0 Å². The fourth-order valence-electron chi connectivity index (χ4n) is 3.82. The molecule has 0 radical (unpaired) electrons. The number of benzene rings is 2. The topological polar surface area (TPSA) is 99.2 Å². The maximum Gasteiger partial charge on any atom is 0.262 e. The Bertz CT molecular complexity index is 1090. The van der Waals surface area contributed by atoms with Gasteiger partial charge in [-0.1, -0.05) is 30.7 Å². The number of hydrogen-bond donors (Lipinski definition) is 2. The highest BCUT2D eigenvalue weighted by Gasteiger charge is 2.34. The molecule has 2 N–H and O–H groups in total. The Kier molecular flexibility index (Phi) is 7.66. The van der Waals surface area contributed by atoms with Crippen LogP contribution >= 0.6 is 0 Å². The third-order valence-corrected chi connectivity index (χ3v) is 7.19. The lowest BCUT2D eigenvalue weighted by Gasteiger charge is -2.38. The van der Waals surface area contributed by atoms with Crippen LogP contribution in [0, 0.1) is 12.8 Å². The molecule has 0 saturated carbocycles. The molecule has 0 bridgehead atoms. The Morgan fingerprint density at radius 1 is 1.21 bits per heavy atom. The van der Waals surface area contributed by atoms with Gasteiger partial charge in [0.2, 0.25) is 0 Å². The molecule has 1 aliphatic rings. The van der Waals surface area contributed by atoms with Gasteiger partial charge in [-0.25, -0.2) is 8.42 Å². The number of anilines is 1. The van der Waals surface area contributed by atoms with E-state index >= 15 is 0 Å². The van der Waals surface area contributed by atoms with E-state index in [0.29, 0.717) is 13.1 Å². The summed E-state index contributed by atoms with van der Waals surface area (Å²) in [7, 11) is -0.0328. The first-order chi connectivity index (χ1) is 15.5. The van der Waals surface area contributed by atoms with Gasteiger partial charge in [-0.05, 0) is 52.2 Å². The smallest absolute Gasteiger partial charge is 0.262 e. The van der Waals surface area contributed by atoms with E-state index in [-0.39, 0.29) is 52.5 Å². The van der Waals surface area contributed by atoms with E-state index in [0.717, 1.165) is 5.56 Å². The molecule has 0 aromatic heterocycles. The molecule has 0 saturated heterocycles. The number of carbonyl (C=O) groups is 1. The normalized spacial score (nSPS) is 20.0. The second kappa shape index (κ2) is 10.1. The van der Waals surface area contributed by atoms with Gasteiger partial charge in [-0.3, -0.25) is 9.52 Å². The number of aliphatic hydroxyl groups excluding tert-OH is 1. The number of nitrogens with one attached hydrogen (secondary N) is 1. The molecule has 8 nitrogen and oxygen atoms in total. The van der Waals surface area contributed by atoms with Gasteiger partial charge >= 0.3 is 0 Å². The van der Waals surface area contributed by atoms with Crippen molar-refractivity contribution in [2.75, 3.05) is 38.5 Å². The Hall–Kier alpha value is -2.62. The van der Waals surface area contributed by atoms with Crippen molar-refractivity contribution in [1.29, 1.82) is 0 Å². The highest BCUT2D eigenvalue weighted by Crippen LogP contribution is 2.36. The molecule has 33 heavy (non-hydrogen) atoms. The van der Waals surface area contributed by atoms with Crippen LogP contribution in [0.15, 0.2) is 47.4 Å². The molecule has 3 rings (SSSR count). The maximum absolute atomic E-state index is 13.4. The summed E-state index contributed by atoms with van der Waals surface area (Å²) in [5.74, 6) is -0.162. The quantitative estimate of drug-likeness (QED) is 0.639. The molecule has 3 atom stereocenters. The number of aliphatic hydroxyl groups is 1. The number of carbonyl (C=O) groups excluding carboxylic acids is 1. The highest BCUT2D eigenvalue weighted by molar-refractivity contribution is 7.92. The van der Waals surface area contributed by atoms with Crippen LogP contribution in [0.5, 0.6) is 5.75 Å². The van der Waals surface area contributed by atoms with E-state index in [1.54, 1.807) is 42.2 Å². The molecular weight excluding hydrogens is 442 g/mol. The fourth-order valence-corrected chi connectivity index (χ4v) is 4.89. The molecule has 0 unspecified atom stereocenters. The molecule has 1 aliphatic heterocycles. The number of hydrogen-bond acceptors (Lipinski definition) is 6. The highest BCUT2D eigenvalue weighted by atomic mass is 32.2. The zero-order valence-electron chi connectivity index (χ0n) is 19.8. The predicted octanol–water partition coefficient (Wildman–Crippen LogP) is 2.58. The minimum atomic E-state index is -3.90. The third kappa shape index (κ3) is 5.66. The van der Waals surface area contributed by atoms with E-state index in [1.807, 2.05) is 32.8 Å². The summed E-state index contributed by atoms with van der Waals surface area (Å²) in [6, 6.07) is 11.0. The third-order valence-electron chi connectivity index (χ3n) is 5.81. The lowest BCUT2D eigenvalue weighted by molar-refractivity contribution is 0.0366. The molecule has 1 heterocycles. The summed E-state index contributed by atoms with van der Waals surface area (Å²) in [6.45, 7) is 6.48. The van der Waals surface area contributed by atoms with Crippen LogP contribution in [0.4, 0.5) is 5.69 Å². The average molecular weight is 476 g/mol. The average Bonchev–Trinajstić information content (AvgIpc) is 2.76. The molecule has 2 aromatic carbocycles. The number of ether oxygens (including phenoxy) is 1. The van der Waals surface area contributed by atoms with Crippen LogP contribution in [0.3, 0.4) is 0 Å². The Balaban J connectivity index is 2.09. The summed E-state index contributed by atoms with van der Waals surface area (Å²) in [5, 5.41) is 9.74. The number of aryl methyl sites for hydroxylation is 1. The summed E-state index contributed by atoms with van der Waals surface area (Å²) in [5.41, 5.74) is 1.41. The number of para-hydroxylation sites is 1. The van der Waals surface area contributed by atoms with Gasteiger partial charge in [0, 0.05) is 19.0 Å². The first-order valence-electron chi connectivity index (χ1n) is 11.0. The molecular formula is C24H33N3O5S. The molecule has 0 spiro atoms. The first kappa shape index (κ1) is 25.0. The number of likely N-dealkylation sites (N-methyl/N-ethyl adjacent to an activating group) is 1. The molecule has 0 aliphatic carbocycles. The van der Waals surface area contributed by atoms with Crippen LogP contribution in [-0.4, -0.2) is 75.2 Å². The van der Waals surface area contributed by atoms with Crippen molar-refractivity contribution < 1.29 is 23.1 Å². The first-order valence-corrected chi connectivity index (χ1v) is 12.5. The zero-order chi connectivity index (χ0) is 24.3. The van der Waals surface area contributed by atoms with Gasteiger partial charge in [0.1, 0.15) is 6.10 Å². The SMILES string of the molecule is Cc1ccc(S(=O)(=O)Nc2cccc3c2O[C@H](CN(C)C)[C@@H](C)CN([C@H](C)CO)C3=O)cc1. The van der Waals surface area contributed by atoms with Gasteiger partial charge in [0.05, 0.1) is 28.8 Å². The van der Waals surface area contributed by atoms with Crippen LogP contribution in [0.1, 0.15) is 29.8 Å². The van der Waals surface area contributed by atoms with Crippen molar-refractivity contribution in [1.82, 2.24) is 9.80 Å². The Morgan fingerprint density at radius 2 is 1.88 bits per heavy atom. The molecule has 0 fully saturated rings. The van der Waals surface area contributed by atoms with Crippen molar-refractivity contribution in [3.8, 4) is 5.75 Å². The van der Waals surface area contributed by atoms with Crippen molar-refractivity contribution in [2.24, 2.45) is 5.92 Å². The van der Waals surface area contributed by atoms with Crippen LogP contribution in [-0.2, 0) is 10.0 Å². The standard InChI is InChI=1S/C24H33N3O5S/c1-16-9-11-19(12-10-16)33(30,31)25-21-8-6-7-20-23(21)32-22(14-26(4)5)17(2)13-27(24(20)29)18(3)15-28/h6-12,17-18,22,25,28H,13-15H2,1-5H3/t17-,18+,22+/m0/s1. The number of fused-ring (bicyclic) bond motifs is 1. The maximum atomic E-state index is 13.4. The van der Waals surface area contributed by atoms with E-state index in [4.69, 9.17) is 4.74 Å². The molecule has 1 amide bonds. The largest absolute Gasteiger partial charge is 0.486 e. The Labute approximate surface area is 196 Å². The van der Waals surface area contributed by atoms with E-state index < -0.39 is 10.0 Å².